The molecule has 1 aromatic heterocycles. The summed E-state index contributed by atoms with van der Waals surface area (Å²) < 4.78 is 39.9. The first-order chi connectivity index (χ1) is 12.7. The van der Waals surface area contributed by atoms with Crippen molar-refractivity contribution in [3.63, 3.8) is 0 Å². The molecule has 1 N–H and O–H groups in total. The third-order valence-electron chi connectivity index (χ3n) is 4.47. The quantitative estimate of drug-likeness (QED) is 0.813. The van der Waals surface area contributed by atoms with Gasteiger partial charge in [0.05, 0.1) is 18.7 Å². The van der Waals surface area contributed by atoms with Crippen LogP contribution in [0.2, 0.25) is 5.02 Å². The number of hydrogen-bond acceptors (Lipinski definition) is 4. The molecule has 0 bridgehead atoms. The van der Waals surface area contributed by atoms with E-state index in [1.165, 1.54) is 21.3 Å². The number of halogens is 2. The smallest absolute Gasteiger partial charge is 0.230 e. The molecule has 7 nitrogen and oxygen atoms in total. The summed E-state index contributed by atoms with van der Waals surface area (Å²) in [4.78, 5) is 12.5. The second kappa shape index (κ2) is 7.95. The summed E-state index contributed by atoms with van der Waals surface area (Å²) >= 11 is 6.14. The molecule has 0 spiro atoms. The molecular formula is C17H20ClFN4O3S. The van der Waals surface area contributed by atoms with E-state index in [0.717, 1.165) is 6.26 Å². The van der Waals surface area contributed by atoms with E-state index in [1.54, 1.807) is 18.2 Å². The predicted molar refractivity (Wildman–Crippen MR) is 101 cm³/mol. The van der Waals surface area contributed by atoms with Gasteiger partial charge in [0.15, 0.2) is 5.82 Å². The molecule has 3 rings (SSSR count). The van der Waals surface area contributed by atoms with Crippen molar-refractivity contribution in [1.29, 1.82) is 0 Å². The summed E-state index contributed by atoms with van der Waals surface area (Å²) in [6, 6.07) is 6.33. The molecule has 0 unspecified atom stereocenters. The van der Waals surface area contributed by atoms with Gasteiger partial charge >= 0.3 is 0 Å². The van der Waals surface area contributed by atoms with Crippen LogP contribution in [0.5, 0.6) is 0 Å². The van der Waals surface area contributed by atoms with Crippen molar-refractivity contribution >= 4 is 33.3 Å². The van der Waals surface area contributed by atoms with Crippen LogP contribution in [-0.2, 0) is 21.4 Å². The van der Waals surface area contributed by atoms with Crippen LogP contribution < -0.4 is 5.32 Å². The van der Waals surface area contributed by atoms with Crippen LogP contribution in [0.4, 0.5) is 10.2 Å². The van der Waals surface area contributed by atoms with Gasteiger partial charge in [-0.1, -0.05) is 29.8 Å². The lowest BCUT2D eigenvalue weighted by atomic mass is 9.99. The monoisotopic (exact) mass is 414 g/mol. The fourth-order valence-electron chi connectivity index (χ4n) is 3.04. The SMILES string of the molecule is CS(=O)(=O)N1CCC[C@H](C(=O)Nc2nn(Cc3ccccc3F)cc2Cl)C1. The average molecular weight is 415 g/mol. The first kappa shape index (κ1) is 19.8. The third kappa shape index (κ3) is 4.85. The molecule has 1 aliphatic heterocycles. The summed E-state index contributed by atoms with van der Waals surface area (Å²) in [5.41, 5.74) is 0.450. The van der Waals surface area contributed by atoms with Crippen LogP contribution in [0.1, 0.15) is 18.4 Å². The van der Waals surface area contributed by atoms with E-state index in [0.29, 0.717) is 24.9 Å². The number of rotatable bonds is 5. The normalized spacial score (nSPS) is 18.4. The Labute approximate surface area is 162 Å². The maximum absolute atomic E-state index is 13.8. The summed E-state index contributed by atoms with van der Waals surface area (Å²) in [7, 11) is -3.34. The van der Waals surface area contributed by atoms with E-state index in [4.69, 9.17) is 11.6 Å². The van der Waals surface area contributed by atoms with Gasteiger partial charge in [0.2, 0.25) is 15.9 Å². The van der Waals surface area contributed by atoms with Gasteiger partial charge in [-0.15, -0.1) is 0 Å². The average Bonchev–Trinajstić information content (AvgIpc) is 2.95. The van der Waals surface area contributed by atoms with Crippen LogP contribution in [0, 0.1) is 11.7 Å². The molecule has 1 fully saturated rings. The van der Waals surface area contributed by atoms with Crippen molar-refractivity contribution < 1.29 is 17.6 Å². The number of carbonyl (C=O) groups excluding carboxylic acids is 1. The molecule has 1 atom stereocenters. The highest BCUT2D eigenvalue weighted by Crippen LogP contribution is 2.24. The Morgan fingerprint density at radius 3 is 2.85 bits per heavy atom. The van der Waals surface area contributed by atoms with Crippen molar-refractivity contribution in [2.75, 3.05) is 24.7 Å². The largest absolute Gasteiger partial charge is 0.308 e. The number of aromatic nitrogens is 2. The summed E-state index contributed by atoms with van der Waals surface area (Å²) in [5, 5.41) is 7.09. The Morgan fingerprint density at radius 2 is 2.15 bits per heavy atom. The summed E-state index contributed by atoms with van der Waals surface area (Å²) in [6.45, 7) is 0.729. The highest BCUT2D eigenvalue weighted by Gasteiger charge is 2.30. The number of nitrogens with zero attached hydrogens (tertiary/aromatic N) is 3. The lowest BCUT2D eigenvalue weighted by Crippen LogP contribution is -2.43. The minimum absolute atomic E-state index is 0.137. The van der Waals surface area contributed by atoms with Gasteiger partial charge < -0.3 is 5.32 Å². The first-order valence-electron chi connectivity index (χ1n) is 8.46. The number of hydrogen-bond donors (Lipinski definition) is 1. The molecule has 0 radical (unpaired) electrons. The van der Waals surface area contributed by atoms with Gasteiger partial charge in [0.1, 0.15) is 10.8 Å². The fraction of sp³-hybridized carbons (Fsp3) is 0.412. The molecule has 2 heterocycles. The third-order valence-corrected chi connectivity index (χ3v) is 6.02. The zero-order chi connectivity index (χ0) is 19.6. The molecule has 10 heteroatoms. The number of sulfonamides is 1. The zero-order valence-corrected chi connectivity index (χ0v) is 16.3. The number of piperidine rings is 1. The summed E-state index contributed by atoms with van der Waals surface area (Å²) in [5.74, 6) is -0.977. The van der Waals surface area contributed by atoms with Gasteiger partial charge in [-0.05, 0) is 18.9 Å². The van der Waals surface area contributed by atoms with Crippen LogP contribution in [-0.4, -0.2) is 47.8 Å². The second-order valence-electron chi connectivity index (χ2n) is 6.56. The Morgan fingerprint density at radius 1 is 1.41 bits per heavy atom. The van der Waals surface area contributed by atoms with Crippen molar-refractivity contribution in [2.45, 2.75) is 19.4 Å². The fourth-order valence-corrected chi connectivity index (χ4v) is 4.15. The van der Waals surface area contributed by atoms with Crippen molar-refractivity contribution in [1.82, 2.24) is 14.1 Å². The number of anilines is 1. The lowest BCUT2D eigenvalue weighted by Gasteiger charge is -2.29. The molecule has 146 valence electrons. The first-order valence-corrected chi connectivity index (χ1v) is 10.7. The molecular weight excluding hydrogens is 395 g/mol. The van der Waals surface area contributed by atoms with E-state index >= 15 is 0 Å². The van der Waals surface area contributed by atoms with E-state index in [1.807, 2.05) is 0 Å². The van der Waals surface area contributed by atoms with E-state index < -0.39 is 15.9 Å². The highest BCUT2D eigenvalue weighted by atomic mass is 35.5. The minimum Gasteiger partial charge on any atom is -0.308 e. The van der Waals surface area contributed by atoms with Crippen LogP contribution in [0.25, 0.3) is 0 Å². The van der Waals surface area contributed by atoms with Gasteiger partial charge in [-0.25, -0.2) is 17.1 Å². The molecule has 1 aliphatic rings. The zero-order valence-electron chi connectivity index (χ0n) is 14.7. The molecule has 1 aromatic carbocycles. The number of amides is 1. The van der Waals surface area contributed by atoms with E-state index in [9.17, 15) is 17.6 Å². The van der Waals surface area contributed by atoms with Gasteiger partial charge in [-0.3, -0.25) is 9.48 Å². The number of benzene rings is 1. The minimum atomic E-state index is -3.34. The predicted octanol–water partition coefficient (Wildman–Crippen LogP) is 2.33. The van der Waals surface area contributed by atoms with Crippen molar-refractivity contribution in [2.24, 2.45) is 5.92 Å². The Bertz CT molecular complexity index is 947. The number of nitrogens with one attached hydrogen (secondary N) is 1. The standard InChI is InChI=1S/C17H20ClFN4O3S/c1-27(25,26)23-8-4-6-13(10-23)17(24)20-16-14(18)11-22(21-16)9-12-5-2-3-7-15(12)19/h2-3,5,7,11,13H,4,6,8-10H2,1H3,(H,20,21,24)/t13-/m0/s1. The Hall–Kier alpha value is -1.97. The second-order valence-corrected chi connectivity index (χ2v) is 8.95. The molecule has 1 amide bonds. The topological polar surface area (TPSA) is 84.3 Å². The highest BCUT2D eigenvalue weighted by molar-refractivity contribution is 7.88. The van der Waals surface area contributed by atoms with Crippen LogP contribution in [0.15, 0.2) is 30.5 Å². The molecule has 27 heavy (non-hydrogen) atoms. The Balaban J connectivity index is 1.68. The van der Waals surface area contributed by atoms with Gasteiger partial charge in [0, 0.05) is 24.8 Å². The molecule has 0 saturated carbocycles. The molecule has 0 aliphatic carbocycles. The maximum Gasteiger partial charge on any atom is 0.230 e. The molecule has 2 aromatic rings. The van der Waals surface area contributed by atoms with Gasteiger partial charge in [0.25, 0.3) is 0 Å². The van der Waals surface area contributed by atoms with Crippen LogP contribution >= 0.6 is 11.6 Å². The Kier molecular flexibility index (Phi) is 5.83. The van der Waals surface area contributed by atoms with Crippen molar-refractivity contribution in [3.05, 3.63) is 46.9 Å². The maximum atomic E-state index is 13.8. The number of carbonyl (C=O) groups is 1. The van der Waals surface area contributed by atoms with Crippen LogP contribution in [0.3, 0.4) is 0 Å². The van der Waals surface area contributed by atoms with E-state index in [2.05, 4.69) is 10.4 Å². The summed E-state index contributed by atoms with van der Waals surface area (Å²) in [6.07, 6.45) is 3.84. The van der Waals surface area contributed by atoms with Crippen molar-refractivity contribution in [3.8, 4) is 0 Å². The lowest BCUT2D eigenvalue weighted by molar-refractivity contribution is -0.120. The van der Waals surface area contributed by atoms with E-state index in [-0.39, 0.29) is 35.7 Å². The van der Waals surface area contributed by atoms with Gasteiger partial charge in [-0.2, -0.15) is 5.10 Å². The molecule has 1 saturated heterocycles.